The zero-order valence-corrected chi connectivity index (χ0v) is 10.2. The molecule has 2 N–H and O–H groups in total. The predicted octanol–water partition coefficient (Wildman–Crippen LogP) is 1.86. The van der Waals surface area contributed by atoms with Gasteiger partial charge in [0.25, 0.3) is 0 Å². The Morgan fingerprint density at radius 2 is 1.94 bits per heavy atom. The molecule has 3 heteroatoms. The Balaban J connectivity index is 2.66. The molecule has 0 aromatic heterocycles. The van der Waals surface area contributed by atoms with E-state index in [1.807, 2.05) is 25.1 Å². The number of benzene rings is 1. The molecule has 0 radical (unpaired) electrons. The first kappa shape index (κ1) is 12.7. The average Bonchev–Trinajstić information content (AvgIpc) is 2.35. The van der Waals surface area contributed by atoms with Crippen molar-refractivity contribution in [3.05, 3.63) is 35.9 Å². The Bertz CT molecular complexity index is 324. The van der Waals surface area contributed by atoms with Crippen molar-refractivity contribution in [3.8, 4) is 0 Å². The van der Waals surface area contributed by atoms with Gasteiger partial charge in [0.2, 0.25) is 5.91 Å². The van der Waals surface area contributed by atoms with E-state index in [-0.39, 0.29) is 18.0 Å². The van der Waals surface area contributed by atoms with Gasteiger partial charge in [-0.3, -0.25) is 10.1 Å². The Kier molecular flexibility index (Phi) is 4.99. The highest BCUT2D eigenvalue weighted by molar-refractivity contribution is 5.80. The smallest absolute Gasteiger partial charge is 0.236 e. The van der Waals surface area contributed by atoms with Crippen LogP contribution >= 0.6 is 0 Å². The van der Waals surface area contributed by atoms with Gasteiger partial charge in [-0.15, -0.1) is 0 Å². The number of likely N-dealkylation sites (N-methyl/N-ethyl adjacent to an activating group) is 1. The van der Waals surface area contributed by atoms with Gasteiger partial charge in [-0.1, -0.05) is 37.3 Å². The lowest BCUT2D eigenvalue weighted by Gasteiger charge is -2.21. The van der Waals surface area contributed by atoms with E-state index in [1.54, 1.807) is 7.05 Å². The minimum atomic E-state index is -0.171. The highest BCUT2D eigenvalue weighted by Gasteiger charge is 2.16. The number of rotatable bonds is 5. The van der Waals surface area contributed by atoms with Crippen LogP contribution in [0.2, 0.25) is 0 Å². The molecular weight excluding hydrogens is 200 g/mol. The quantitative estimate of drug-likeness (QED) is 0.795. The summed E-state index contributed by atoms with van der Waals surface area (Å²) in [5.74, 6) is 0.0226. The minimum Gasteiger partial charge on any atom is -0.358 e. The molecule has 1 amide bonds. The summed E-state index contributed by atoms with van der Waals surface area (Å²) in [4.78, 5) is 11.4. The molecule has 0 saturated heterocycles. The SMILES string of the molecule is CCC(N[C@H](C)C(=O)NC)c1ccccc1. The molecule has 0 bridgehead atoms. The molecule has 88 valence electrons. The second-order valence-electron chi connectivity index (χ2n) is 3.87. The summed E-state index contributed by atoms with van der Waals surface area (Å²) < 4.78 is 0. The van der Waals surface area contributed by atoms with Gasteiger partial charge in [0.15, 0.2) is 0 Å². The molecule has 0 heterocycles. The van der Waals surface area contributed by atoms with Crippen molar-refractivity contribution >= 4 is 5.91 Å². The Hall–Kier alpha value is -1.35. The molecule has 3 nitrogen and oxygen atoms in total. The molecule has 0 aliphatic carbocycles. The molecule has 0 aliphatic heterocycles. The third-order valence-corrected chi connectivity index (χ3v) is 2.70. The van der Waals surface area contributed by atoms with E-state index >= 15 is 0 Å². The van der Waals surface area contributed by atoms with E-state index in [9.17, 15) is 4.79 Å². The summed E-state index contributed by atoms with van der Waals surface area (Å²) in [6, 6.07) is 10.3. The van der Waals surface area contributed by atoms with Gasteiger partial charge in [-0.05, 0) is 18.9 Å². The summed E-state index contributed by atoms with van der Waals surface area (Å²) >= 11 is 0. The Labute approximate surface area is 97.2 Å². The van der Waals surface area contributed by atoms with E-state index in [1.165, 1.54) is 5.56 Å². The fraction of sp³-hybridized carbons (Fsp3) is 0.462. The van der Waals surface area contributed by atoms with E-state index in [2.05, 4.69) is 29.7 Å². The first-order chi connectivity index (χ1) is 7.69. The molecule has 1 aromatic carbocycles. The zero-order chi connectivity index (χ0) is 12.0. The zero-order valence-electron chi connectivity index (χ0n) is 10.2. The maximum absolute atomic E-state index is 11.4. The number of amides is 1. The number of hydrogen-bond acceptors (Lipinski definition) is 2. The van der Waals surface area contributed by atoms with Crippen LogP contribution < -0.4 is 10.6 Å². The Morgan fingerprint density at radius 3 is 2.44 bits per heavy atom. The van der Waals surface area contributed by atoms with Crippen LogP contribution in [0.4, 0.5) is 0 Å². The van der Waals surface area contributed by atoms with Gasteiger partial charge in [-0.25, -0.2) is 0 Å². The van der Waals surface area contributed by atoms with Crippen molar-refractivity contribution < 1.29 is 4.79 Å². The van der Waals surface area contributed by atoms with Crippen LogP contribution in [0.15, 0.2) is 30.3 Å². The number of hydrogen-bond donors (Lipinski definition) is 2. The molecule has 2 atom stereocenters. The molecule has 0 saturated carbocycles. The topological polar surface area (TPSA) is 41.1 Å². The van der Waals surface area contributed by atoms with Crippen LogP contribution in [0, 0.1) is 0 Å². The average molecular weight is 220 g/mol. The lowest BCUT2D eigenvalue weighted by atomic mass is 10.0. The van der Waals surface area contributed by atoms with Crippen molar-refractivity contribution in [2.45, 2.75) is 32.4 Å². The number of carbonyl (C=O) groups excluding carboxylic acids is 1. The van der Waals surface area contributed by atoms with E-state index < -0.39 is 0 Å². The van der Waals surface area contributed by atoms with Crippen molar-refractivity contribution in [1.29, 1.82) is 0 Å². The summed E-state index contributed by atoms with van der Waals surface area (Å²) in [5.41, 5.74) is 1.22. The van der Waals surface area contributed by atoms with Gasteiger partial charge in [-0.2, -0.15) is 0 Å². The van der Waals surface area contributed by atoms with E-state index in [4.69, 9.17) is 0 Å². The normalized spacial score (nSPS) is 14.2. The van der Waals surface area contributed by atoms with Crippen LogP contribution in [0.25, 0.3) is 0 Å². The van der Waals surface area contributed by atoms with Gasteiger partial charge < -0.3 is 5.32 Å². The summed E-state index contributed by atoms with van der Waals surface area (Å²) in [5, 5.41) is 5.97. The van der Waals surface area contributed by atoms with Crippen LogP contribution in [-0.4, -0.2) is 19.0 Å². The largest absolute Gasteiger partial charge is 0.358 e. The van der Waals surface area contributed by atoms with Gasteiger partial charge in [0.1, 0.15) is 0 Å². The Morgan fingerprint density at radius 1 is 1.31 bits per heavy atom. The van der Waals surface area contributed by atoms with Crippen LogP contribution in [0.1, 0.15) is 31.9 Å². The third-order valence-electron chi connectivity index (χ3n) is 2.70. The molecule has 0 fully saturated rings. The van der Waals surface area contributed by atoms with Crippen LogP contribution in [0.5, 0.6) is 0 Å². The fourth-order valence-corrected chi connectivity index (χ4v) is 1.73. The summed E-state index contributed by atoms with van der Waals surface area (Å²) in [6.45, 7) is 3.99. The van der Waals surface area contributed by atoms with Crippen molar-refractivity contribution in [1.82, 2.24) is 10.6 Å². The molecule has 1 unspecified atom stereocenters. The van der Waals surface area contributed by atoms with Crippen molar-refractivity contribution in [3.63, 3.8) is 0 Å². The van der Waals surface area contributed by atoms with Gasteiger partial charge in [0, 0.05) is 13.1 Å². The standard InChI is InChI=1S/C13H20N2O/c1-4-12(11-8-6-5-7-9-11)15-10(2)13(16)14-3/h5-10,12,15H,4H2,1-3H3,(H,14,16)/t10-,12?/m1/s1. The molecule has 1 rings (SSSR count). The maximum atomic E-state index is 11.4. The molecule has 0 aliphatic rings. The molecule has 0 spiro atoms. The third kappa shape index (κ3) is 3.35. The number of carbonyl (C=O) groups is 1. The first-order valence-electron chi connectivity index (χ1n) is 5.71. The highest BCUT2D eigenvalue weighted by atomic mass is 16.2. The maximum Gasteiger partial charge on any atom is 0.236 e. The first-order valence-corrected chi connectivity index (χ1v) is 5.71. The predicted molar refractivity (Wildman–Crippen MR) is 66.1 cm³/mol. The second-order valence-corrected chi connectivity index (χ2v) is 3.87. The fourth-order valence-electron chi connectivity index (χ4n) is 1.73. The second kappa shape index (κ2) is 6.28. The monoisotopic (exact) mass is 220 g/mol. The summed E-state index contributed by atoms with van der Waals surface area (Å²) in [6.07, 6.45) is 0.964. The van der Waals surface area contributed by atoms with Crippen LogP contribution in [-0.2, 0) is 4.79 Å². The van der Waals surface area contributed by atoms with Gasteiger partial charge in [0.05, 0.1) is 6.04 Å². The molecule has 16 heavy (non-hydrogen) atoms. The summed E-state index contributed by atoms with van der Waals surface area (Å²) in [7, 11) is 1.66. The minimum absolute atomic E-state index is 0.0226. The van der Waals surface area contributed by atoms with E-state index in [0.29, 0.717) is 0 Å². The van der Waals surface area contributed by atoms with Gasteiger partial charge >= 0.3 is 0 Å². The van der Waals surface area contributed by atoms with Crippen molar-refractivity contribution in [2.75, 3.05) is 7.05 Å². The molecular formula is C13H20N2O. The van der Waals surface area contributed by atoms with Crippen LogP contribution in [0.3, 0.4) is 0 Å². The lowest BCUT2D eigenvalue weighted by Crippen LogP contribution is -2.42. The van der Waals surface area contributed by atoms with Crippen molar-refractivity contribution in [2.24, 2.45) is 0 Å². The lowest BCUT2D eigenvalue weighted by molar-refractivity contribution is -0.122. The highest BCUT2D eigenvalue weighted by Crippen LogP contribution is 2.16. The van der Waals surface area contributed by atoms with E-state index in [0.717, 1.165) is 6.42 Å². The number of nitrogens with one attached hydrogen (secondary N) is 2. The molecule has 1 aromatic rings.